The molecule has 5 rings (SSSR count). The summed E-state index contributed by atoms with van der Waals surface area (Å²) in [7, 11) is 0. The van der Waals surface area contributed by atoms with Gasteiger partial charge in [-0.25, -0.2) is 0 Å². The lowest BCUT2D eigenvalue weighted by molar-refractivity contribution is -0.384. The average molecular weight is 518 g/mol. The first-order valence-corrected chi connectivity index (χ1v) is 12.1. The number of amides is 1. The number of hydrogen-bond acceptors (Lipinski definition) is 4. The Bertz CT molecular complexity index is 1430. The Labute approximate surface area is 218 Å². The fraction of sp³-hybridized carbons (Fsp3) is 0.107. The van der Waals surface area contributed by atoms with Gasteiger partial charge in [-0.1, -0.05) is 96.0 Å². The van der Waals surface area contributed by atoms with Gasteiger partial charge in [-0.3, -0.25) is 14.9 Å². The quantitative estimate of drug-likeness (QED) is 0.199. The van der Waals surface area contributed by atoms with E-state index in [2.05, 4.69) is 4.90 Å². The van der Waals surface area contributed by atoms with Gasteiger partial charge in [0.2, 0.25) is 0 Å². The molecule has 0 radical (unpaired) electrons. The fourth-order valence-electron chi connectivity index (χ4n) is 4.57. The minimum Gasteiger partial charge on any atom is -0.342 e. The van der Waals surface area contributed by atoms with Crippen LogP contribution in [0.5, 0.6) is 0 Å². The second kappa shape index (κ2) is 10.0. The summed E-state index contributed by atoms with van der Waals surface area (Å²) in [6.07, 6.45) is -0.599. The van der Waals surface area contributed by atoms with Crippen molar-refractivity contribution in [3.8, 4) is 0 Å². The van der Waals surface area contributed by atoms with E-state index in [1.54, 1.807) is 23.1 Å². The zero-order valence-electron chi connectivity index (χ0n) is 19.1. The molecule has 1 heterocycles. The van der Waals surface area contributed by atoms with Gasteiger partial charge in [-0.15, -0.1) is 0 Å². The number of halogens is 2. The summed E-state index contributed by atoms with van der Waals surface area (Å²) in [5.74, 6) is -0.317. The van der Waals surface area contributed by atoms with Crippen LogP contribution >= 0.6 is 23.2 Å². The number of benzene rings is 4. The lowest BCUT2D eigenvalue weighted by Crippen LogP contribution is -2.49. The van der Waals surface area contributed by atoms with Gasteiger partial charge >= 0.3 is 0 Å². The molecule has 0 aliphatic carbocycles. The zero-order chi connectivity index (χ0) is 25.2. The Balaban J connectivity index is 1.73. The number of non-ortho nitro benzene ring substituents is 1. The van der Waals surface area contributed by atoms with Crippen molar-refractivity contribution in [1.82, 2.24) is 4.90 Å². The number of nitrogens with zero attached hydrogens (tertiary/aromatic N) is 3. The number of rotatable bonds is 6. The minimum absolute atomic E-state index is 0.138. The van der Waals surface area contributed by atoms with Crippen LogP contribution in [-0.2, 0) is 13.1 Å². The molecule has 0 saturated carbocycles. The zero-order valence-corrected chi connectivity index (χ0v) is 20.6. The summed E-state index contributed by atoms with van der Waals surface area (Å²) in [5, 5.41) is 12.3. The molecule has 0 bridgehead atoms. The van der Waals surface area contributed by atoms with Crippen LogP contribution in [0.1, 0.15) is 33.2 Å². The average Bonchev–Trinajstić information content (AvgIpc) is 2.90. The molecule has 4 aromatic rings. The van der Waals surface area contributed by atoms with Crippen molar-refractivity contribution in [1.29, 1.82) is 0 Å². The van der Waals surface area contributed by atoms with Crippen LogP contribution in [0.25, 0.3) is 0 Å². The molecule has 0 N–H and O–H groups in total. The lowest BCUT2D eigenvalue weighted by atomic mass is 9.98. The maximum atomic E-state index is 14.0. The largest absolute Gasteiger partial charge is 0.342 e. The molecule has 0 saturated heterocycles. The molecule has 4 aromatic carbocycles. The third-order valence-corrected chi connectivity index (χ3v) is 7.07. The van der Waals surface area contributed by atoms with Crippen LogP contribution in [0.3, 0.4) is 0 Å². The van der Waals surface area contributed by atoms with Crippen LogP contribution in [0, 0.1) is 10.1 Å². The Morgan fingerprint density at radius 3 is 2.00 bits per heavy atom. The number of nitro groups is 1. The normalized spacial score (nSPS) is 15.1. The second-order valence-corrected chi connectivity index (χ2v) is 9.29. The highest BCUT2D eigenvalue weighted by molar-refractivity contribution is 6.42. The van der Waals surface area contributed by atoms with Crippen molar-refractivity contribution in [2.45, 2.75) is 19.3 Å². The van der Waals surface area contributed by atoms with E-state index in [-0.39, 0.29) is 23.7 Å². The maximum Gasteiger partial charge on any atom is 0.270 e. The number of nitro benzene ring substituents is 1. The number of carbonyl (C=O) groups is 1. The molecule has 1 amide bonds. The SMILES string of the molecule is O=C1c2cc([N+](=O)[O-])ccc2N(Cc2ccccc2)[C@H](c2cccc(Cl)c2Cl)N1Cc1ccccc1. The van der Waals surface area contributed by atoms with Crippen LogP contribution in [0.4, 0.5) is 11.4 Å². The molecule has 36 heavy (non-hydrogen) atoms. The standard InChI is InChI=1S/C28H21Cl2N3O3/c29-24-13-7-12-22(26(24)30)27-31(17-19-8-3-1-4-9-19)25-15-14-21(33(35)36)16-23(25)28(34)32(27)18-20-10-5-2-6-11-20/h1-16,27H,17-18H2/t27-/m0/s1. The maximum absolute atomic E-state index is 14.0. The third-order valence-electron chi connectivity index (χ3n) is 6.23. The molecule has 1 aliphatic rings. The Kier molecular flexibility index (Phi) is 6.63. The first-order valence-electron chi connectivity index (χ1n) is 11.3. The predicted molar refractivity (Wildman–Crippen MR) is 141 cm³/mol. The van der Waals surface area contributed by atoms with Crippen LogP contribution in [0.15, 0.2) is 97.1 Å². The van der Waals surface area contributed by atoms with E-state index in [9.17, 15) is 14.9 Å². The molecule has 0 spiro atoms. The molecule has 0 aromatic heterocycles. The molecule has 0 unspecified atom stereocenters. The molecule has 6 nitrogen and oxygen atoms in total. The first-order chi connectivity index (χ1) is 17.4. The Morgan fingerprint density at radius 1 is 0.778 bits per heavy atom. The fourth-order valence-corrected chi connectivity index (χ4v) is 4.98. The Hall–Kier alpha value is -3.87. The highest BCUT2D eigenvalue weighted by Gasteiger charge is 2.40. The van der Waals surface area contributed by atoms with Gasteiger partial charge in [-0.2, -0.15) is 0 Å². The van der Waals surface area contributed by atoms with E-state index in [1.165, 1.54) is 12.1 Å². The molecule has 8 heteroatoms. The monoisotopic (exact) mass is 517 g/mol. The van der Waals surface area contributed by atoms with Crippen molar-refractivity contribution in [2.75, 3.05) is 4.90 Å². The van der Waals surface area contributed by atoms with E-state index in [0.29, 0.717) is 27.8 Å². The Morgan fingerprint density at radius 2 is 1.39 bits per heavy atom. The number of fused-ring (bicyclic) bond motifs is 1. The molecule has 180 valence electrons. The summed E-state index contributed by atoms with van der Waals surface area (Å²) in [6, 6.07) is 29.2. The first kappa shape index (κ1) is 23.9. The molecule has 1 aliphatic heterocycles. The van der Waals surface area contributed by atoms with E-state index < -0.39 is 11.1 Å². The molecular formula is C28H21Cl2N3O3. The number of hydrogen-bond donors (Lipinski definition) is 0. The number of anilines is 1. The molecule has 0 fully saturated rings. The minimum atomic E-state index is -0.599. The smallest absolute Gasteiger partial charge is 0.270 e. The van der Waals surface area contributed by atoms with Gasteiger partial charge in [0.1, 0.15) is 6.17 Å². The van der Waals surface area contributed by atoms with E-state index in [0.717, 1.165) is 11.1 Å². The van der Waals surface area contributed by atoms with Crippen LogP contribution < -0.4 is 4.90 Å². The van der Waals surface area contributed by atoms with Crippen LogP contribution in [0.2, 0.25) is 10.0 Å². The molecule has 1 atom stereocenters. The summed E-state index contributed by atoms with van der Waals surface area (Å²) in [6.45, 7) is 0.721. The second-order valence-electron chi connectivity index (χ2n) is 8.51. The van der Waals surface area contributed by atoms with Gasteiger partial charge in [-0.05, 0) is 23.3 Å². The van der Waals surface area contributed by atoms with Gasteiger partial charge in [0.05, 0.1) is 26.2 Å². The van der Waals surface area contributed by atoms with Crippen molar-refractivity contribution in [2.24, 2.45) is 0 Å². The topological polar surface area (TPSA) is 66.7 Å². The van der Waals surface area contributed by atoms with Gasteiger partial charge in [0, 0.05) is 30.8 Å². The van der Waals surface area contributed by atoms with Gasteiger partial charge < -0.3 is 9.80 Å². The van der Waals surface area contributed by atoms with E-state index >= 15 is 0 Å². The summed E-state index contributed by atoms with van der Waals surface area (Å²) >= 11 is 13.1. The van der Waals surface area contributed by atoms with E-state index in [4.69, 9.17) is 23.2 Å². The van der Waals surface area contributed by atoms with Crippen molar-refractivity contribution >= 4 is 40.5 Å². The lowest BCUT2D eigenvalue weighted by Gasteiger charge is -2.46. The molecular weight excluding hydrogens is 497 g/mol. The van der Waals surface area contributed by atoms with Crippen molar-refractivity contribution in [3.63, 3.8) is 0 Å². The highest BCUT2D eigenvalue weighted by atomic mass is 35.5. The third kappa shape index (κ3) is 4.53. The summed E-state index contributed by atoms with van der Waals surface area (Å²) in [4.78, 5) is 28.8. The summed E-state index contributed by atoms with van der Waals surface area (Å²) in [5.41, 5.74) is 3.33. The van der Waals surface area contributed by atoms with E-state index in [1.807, 2.05) is 66.7 Å². The van der Waals surface area contributed by atoms with Gasteiger partial charge in [0.25, 0.3) is 11.6 Å². The van der Waals surface area contributed by atoms with Gasteiger partial charge in [0.15, 0.2) is 0 Å². The van der Waals surface area contributed by atoms with Crippen LogP contribution in [-0.4, -0.2) is 15.7 Å². The number of carbonyl (C=O) groups excluding carboxylic acids is 1. The van der Waals surface area contributed by atoms with Crippen molar-refractivity contribution < 1.29 is 9.72 Å². The summed E-state index contributed by atoms with van der Waals surface area (Å²) < 4.78 is 0. The highest BCUT2D eigenvalue weighted by Crippen LogP contribution is 2.44. The predicted octanol–water partition coefficient (Wildman–Crippen LogP) is 7.26. The van der Waals surface area contributed by atoms with Crippen molar-refractivity contribution in [3.05, 3.63) is 139 Å².